The fourth-order valence-corrected chi connectivity index (χ4v) is 3.35. The van der Waals surface area contributed by atoms with E-state index in [1.54, 1.807) is 6.07 Å². The summed E-state index contributed by atoms with van der Waals surface area (Å²) in [4.78, 5) is 27.5. The number of benzene rings is 2. The summed E-state index contributed by atoms with van der Waals surface area (Å²) < 4.78 is 5.01. The molecule has 8 nitrogen and oxygen atoms in total. The number of rotatable bonds is 6. The second-order valence-corrected chi connectivity index (χ2v) is 6.74. The lowest BCUT2D eigenvalue weighted by Gasteiger charge is -2.36. The van der Waals surface area contributed by atoms with Crippen molar-refractivity contribution in [3.05, 3.63) is 58.1 Å². The first kappa shape index (κ1) is 19.6. The Morgan fingerprint density at radius 3 is 2.54 bits per heavy atom. The fraction of sp³-hybridized carbons (Fsp3) is 0.350. The van der Waals surface area contributed by atoms with Gasteiger partial charge in [-0.05, 0) is 30.7 Å². The number of hydrogen-bond acceptors (Lipinski definition) is 6. The van der Waals surface area contributed by atoms with Crippen LogP contribution in [0.3, 0.4) is 0 Å². The van der Waals surface area contributed by atoms with Gasteiger partial charge in [0.1, 0.15) is 11.4 Å². The summed E-state index contributed by atoms with van der Waals surface area (Å²) in [5.74, 6) is 0.106. The first-order valence-electron chi connectivity index (χ1n) is 9.13. The molecule has 0 radical (unpaired) electrons. The molecule has 1 amide bonds. The van der Waals surface area contributed by atoms with Crippen LogP contribution >= 0.6 is 0 Å². The number of anilines is 2. The molecule has 0 aromatic heterocycles. The highest BCUT2D eigenvalue weighted by molar-refractivity contribution is 5.94. The number of carbonyl (C=O) groups excluding carboxylic acids is 1. The zero-order chi connectivity index (χ0) is 20.1. The van der Waals surface area contributed by atoms with E-state index in [2.05, 4.69) is 34.2 Å². The third-order valence-corrected chi connectivity index (χ3v) is 4.87. The fourth-order valence-electron chi connectivity index (χ4n) is 3.35. The number of nitrogens with zero attached hydrogens (tertiary/aromatic N) is 3. The van der Waals surface area contributed by atoms with Crippen molar-refractivity contribution in [1.82, 2.24) is 4.90 Å². The SMILES string of the molecule is COc1ccc(NC(=O)CN2CCN(c3ccccc3C)CC2)c([N+](=O)[O-])c1. The first-order valence-corrected chi connectivity index (χ1v) is 9.13. The predicted octanol–water partition coefficient (Wildman–Crippen LogP) is 2.67. The third kappa shape index (κ3) is 4.58. The Morgan fingerprint density at radius 1 is 1.18 bits per heavy atom. The summed E-state index contributed by atoms with van der Waals surface area (Å²) >= 11 is 0. The summed E-state index contributed by atoms with van der Waals surface area (Å²) in [6, 6.07) is 12.6. The Morgan fingerprint density at radius 2 is 1.89 bits per heavy atom. The maximum absolute atomic E-state index is 12.4. The molecular formula is C20H24N4O4. The van der Waals surface area contributed by atoms with Crippen LogP contribution in [-0.2, 0) is 4.79 Å². The van der Waals surface area contributed by atoms with Crippen LogP contribution in [0.25, 0.3) is 0 Å². The Labute approximate surface area is 163 Å². The van der Waals surface area contributed by atoms with E-state index < -0.39 is 4.92 Å². The Bertz CT molecular complexity index is 863. The van der Waals surface area contributed by atoms with Gasteiger partial charge in [-0.1, -0.05) is 18.2 Å². The van der Waals surface area contributed by atoms with Gasteiger partial charge in [-0.3, -0.25) is 19.8 Å². The summed E-state index contributed by atoms with van der Waals surface area (Å²) in [7, 11) is 1.44. The number of para-hydroxylation sites is 1. The molecule has 0 saturated carbocycles. The normalized spacial score (nSPS) is 14.6. The number of nitrogens with one attached hydrogen (secondary N) is 1. The minimum atomic E-state index is -0.529. The van der Waals surface area contributed by atoms with Crippen LogP contribution in [0, 0.1) is 17.0 Å². The van der Waals surface area contributed by atoms with Gasteiger partial charge in [0.05, 0.1) is 24.6 Å². The highest BCUT2D eigenvalue weighted by Gasteiger charge is 2.22. The first-order chi connectivity index (χ1) is 13.5. The molecule has 8 heteroatoms. The number of hydrogen-bond donors (Lipinski definition) is 1. The van der Waals surface area contributed by atoms with Crippen LogP contribution in [0.4, 0.5) is 17.1 Å². The van der Waals surface area contributed by atoms with Crippen LogP contribution in [0.15, 0.2) is 42.5 Å². The summed E-state index contributed by atoms with van der Waals surface area (Å²) in [6.07, 6.45) is 0. The molecule has 0 aliphatic carbocycles. The lowest BCUT2D eigenvalue weighted by atomic mass is 10.1. The molecular weight excluding hydrogens is 360 g/mol. The van der Waals surface area contributed by atoms with Crippen molar-refractivity contribution >= 4 is 23.0 Å². The molecule has 28 heavy (non-hydrogen) atoms. The lowest BCUT2D eigenvalue weighted by molar-refractivity contribution is -0.384. The van der Waals surface area contributed by atoms with Crippen molar-refractivity contribution in [2.24, 2.45) is 0 Å². The maximum atomic E-state index is 12.4. The van der Waals surface area contributed by atoms with Gasteiger partial charge in [-0.2, -0.15) is 0 Å². The zero-order valence-corrected chi connectivity index (χ0v) is 16.1. The van der Waals surface area contributed by atoms with E-state index >= 15 is 0 Å². The molecule has 2 aromatic rings. The minimum absolute atomic E-state index is 0.175. The van der Waals surface area contributed by atoms with Gasteiger partial charge in [0, 0.05) is 31.9 Å². The highest BCUT2D eigenvalue weighted by atomic mass is 16.6. The minimum Gasteiger partial charge on any atom is -0.496 e. The standard InChI is InChI=1S/C20H24N4O4/c1-15-5-3-4-6-18(15)23-11-9-22(10-12-23)14-20(25)21-17-8-7-16(28-2)13-19(17)24(26)27/h3-8,13H,9-12,14H2,1-2H3,(H,21,25). The predicted molar refractivity (Wildman–Crippen MR) is 108 cm³/mol. The number of carbonyl (C=O) groups is 1. The van der Waals surface area contributed by atoms with Crippen LogP contribution in [0.5, 0.6) is 5.75 Å². The zero-order valence-electron chi connectivity index (χ0n) is 16.1. The van der Waals surface area contributed by atoms with E-state index in [1.165, 1.54) is 30.5 Å². The molecule has 0 spiro atoms. The molecule has 2 aromatic carbocycles. The maximum Gasteiger partial charge on any atom is 0.296 e. The molecule has 1 fully saturated rings. The number of methoxy groups -OCH3 is 1. The van der Waals surface area contributed by atoms with Crippen molar-refractivity contribution in [3.8, 4) is 5.75 Å². The third-order valence-electron chi connectivity index (χ3n) is 4.87. The average molecular weight is 384 g/mol. The van der Waals surface area contributed by atoms with E-state index in [9.17, 15) is 14.9 Å². The van der Waals surface area contributed by atoms with Gasteiger partial charge in [0.15, 0.2) is 0 Å². The second-order valence-electron chi connectivity index (χ2n) is 6.74. The van der Waals surface area contributed by atoms with E-state index in [0.717, 1.165) is 26.2 Å². The molecule has 0 unspecified atom stereocenters. The van der Waals surface area contributed by atoms with E-state index in [-0.39, 0.29) is 23.8 Å². The molecule has 3 rings (SSSR count). The Kier molecular flexibility index (Phi) is 6.10. The van der Waals surface area contributed by atoms with Crippen molar-refractivity contribution in [3.63, 3.8) is 0 Å². The van der Waals surface area contributed by atoms with Gasteiger partial charge in [-0.15, -0.1) is 0 Å². The number of amides is 1. The molecule has 1 saturated heterocycles. The van der Waals surface area contributed by atoms with Crippen LogP contribution in [-0.4, -0.2) is 55.6 Å². The van der Waals surface area contributed by atoms with Gasteiger partial charge in [0.25, 0.3) is 5.69 Å². The number of aryl methyl sites for hydroxylation is 1. The van der Waals surface area contributed by atoms with Gasteiger partial charge in [0.2, 0.25) is 5.91 Å². The summed E-state index contributed by atoms with van der Waals surface area (Å²) in [6.45, 7) is 5.47. The van der Waals surface area contributed by atoms with E-state index in [1.807, 2.05) is 12.1 Å². The van der Waals surface area contributed by atoms with Crippen LogP contribution in [0.2, 0.25) is 0 Å². The highest BCUT2D eigenvalue weighted by Crippen LogP contribution is 2.29. The lowest BCUT2D eigenvalue weighted by Crippen LogP contribution is -2.48. The second kappa shape index (κ2) is 8.71. The molecule has 1 heterocycles. The number of ether oxygens (including phenoxy) is 1. The van der Waals surface area contributed by atoms with Crippen molar-refractivity contribution in [2.45, 2.75) is 6.92 Å². The molecule has 148 valence electrons. The number of piperazine rings is 1. The molecule has 0 atom stereocenters. The largest absolute Gasteiger partial charge is 0.496 e. The summed E-state index contributed by atoms with van der Waals surface area (Å²) in [5.41, 5.74) is 2.45. The molecule has 1 aliphatic rings. The van der Waals surface area contributed by atoms with Crippen molar-refractivity contribution in [1.29, 1.82) is 0 Å². The van der Waals surface area contributed by atoms with Crippen molar-refractivity contribution < 1.29 is 14.5 Å². The monoisotopic (exact) mass is 384 g/mol. The summed E-state index contributed by atoms with van der Waals surface area (Å²) in [5, 5.41) is 13.9. The smallest absolute Gasteiger partial charge is 0.296 e. The van der Waals surface area contributed by atoms with E-state index in [0.29, 0.717) is 5.75 Å². The Balaban J connectivity index is 1.57. The van der Waals surface area contributed by atoms with Gasteiger partial charge in [-0.25, -0.2) is 0 Å². The van der Waals surface area contributed by atoms with Gasteiger partial charge < -0.3 is 15.0 Å². The molecule has 0 bridgehead atoms. The Hall–Kier alpha value is -3.13. The molecule has 1 N–H and O–H groups in total. The number of nitro benzene ring substituents is 1. The average Bonchev–Trinajstić information content (AvgIpc) is 2.69. The quantitative estimate of drug-likeness (QED) is 0.609. The van der Waals surface area contributed by atoms with Crippen LogP contribution in [0.1, 0.15) is 5.56 Å². The van der Waals surface area contributed by atoms with Gasteiger partial charge >= 0.3 is 0 Å². The van der Waals surface area contributed by atoms with E-state index in [4.69, 9.17) is 4.74 Å². The topological polar surface area (TPSA) is 88.0 Å². The van der Waals surface area contributed by atoms with Crippen LogP contribution < -0.4 is 15.0 Å². The number of nitro groups is 1. The molecule has 1 aliphatic heterocycles. The van der Waals surface area contributed by atoms with Crippen molar-refractivity contribution in [2.75, 3.05) is 50.1 Å².